The zero-order valence-corrected chi connectivity index (χ0v) is 15.4. The van der Waals surface area contributed by atoms with Crippen molar-refractivity contribution in [1.82, 2.24) is 4.90 Å². The van der Waals surface area contributed by atoms with Crippen LogP contribution in [0, 0.1) is 11.7 Å². The normalized spacial score (nSPS) is 16.0. The number of halogens is 1. The fourth-order valence-electron chi connectivity index (χ4n) is 3.53. The number of carbonyl (C=O) groups is 2. The van der Waals surface area contributed by atoms with Crippen LogP contribution in [0.15, 0.2) is 54.6 Å². The summed E-state index contributed by atoms with van der Waals surface area (Å²) in [6.45, 7) is 2.59. The molecule has 0 radical (unpaired) electrons. The Hall–Kier alpha value is -2.69. The summed E-state index contributed by atoms with van der Waals surface area (Å²) in [7, 11) is 0. The third kappa shape index (κ3) is 5.16. The average Bonchev–Trinajstić information content (AvgIpc) is 2.68. The number of likely N-dealkylation sites (tertiary alicyclic amines) is 1. The van der Waals surface area contributed by atoms with E-state index in [1.165, 1.54) is 19.1 Å². The molecule has 4 nitrogen and oxygen atoms in total. The molecule has 1 aliphatic heterocycles. The summed E-state index contributed by atoms with van der Waals surface area (Å²) in [6, 6.07) is 15.7. The van der Waals surface area contributed by atoms with Crippen LogP contribution in [0.3, 0.4) is 0 Å². The van der Waals surface area contributed by atoms with Crippen molar-refractivity contribution >= 4 is 11.9 Å². The number of esters is 1. The molecule has 27 heavy (non-hydrogen) atoms. The lowest BCUT2D eigenvalue weighted by atomic mass is 9.90. The van der Waals surface area contributed by atoms with Gasteiger partial charge in [0.25, 0.3) is 5.91 Å². The second-order valence-corrected chi connectivity index (χ2v) is 7.00. The monoisotopic (exact) mass is 369 g/mol. The highest BCUT2D eigenvalue weighted by molar-refractivity contribution is 5.84. The fraction of sp³-hybridized carbons (Fsp3) is 0.364. The van der Waals surface area contributed by atoms with Gasteiger partial charge in [-0.2, -0.15) is 0 Å². The third-order valence-corrected chi connectivity index (χ3v) is 4.97. The first kappa shape index (κ1) is 19.1. The van der Waals surface area contributed by atoms with Crippen LogP contribution in [-0.2, 0) is 20.7 Å². The lowest BCUT2D eigenvalue weighted by Crippen LogP contribution is -2.42. The highest BCUT2D eigenvalue weighted by atomic mass is 19.1. The number of hydrogen-bond acceptors (Lipinski definition) is 3. The van der Waals surface area contributed by atoms with Crippen molar-refractivity contribution in [3.8, 4) is 0 Å². The van der Waals surface area contributed by atoms with Gasteiger partial charge in [-0.15, -0.1) is 0 Å². The average molecular weight is 369 g/mol. The van der Waals surface area contributed by atoms with Crippen LogP contribution in [0.5, 0.6) is 0 Å². The molecule has 142 valence electrons. The summed E-state index contributed by atoms with van der Waals surface area (Å²) in [5, 5.41) is 0. The van der Waals surface area contributed by atoms with E-state index in [-0.39, 0.29) is 11.7 Å². The number of ether oxygens (including phenoxy) is 1. The number of carbonyl (C=O) groups excluding carboxylic acids is 2. The molecule has 0 aromatic heterocycles. The molecule has 1 aliphatic rings. The van der Waals surface area contributed by atoms with Gasteiger partial charge in [0.15, 0.2) is 0 Å². The summed E-state index contributed by atoms with van der Waals surface area (Å²) in [6.07, 6.45) is 1.75. The molecule has 2 aromatic rings. The minimum Gasteiger partial charge on any atom is -0.447 e. The summed E-state index contributed by atoms with van der Waals surface area (Å²) < 4.78 is 18.4. The van der Waals surface area contributed by atoms with Gasteiger partial charge in [0, 0.05) is 25.6 Å². The number of rotatable bonds is 5. The van der Waals surface area contributed by atoms with Gasteiger partial charge in [-0.1, -0.05) is 42.5 Å². The Bertz CT molecular complexity index is 768. The molecule has 2 aromatic carbocycles. The first-order chi connectivity index (χ1) is 13.0. The van der Waals surface area contributed by atoms with Gasteiger partial charge < -0.3 is 9.64 Å². The fourth-order valence-corrected chi connectivity index (χ4v) is 3.53. The maximum Gasteiger partial charge on any atom is 0.303 e. The van der Waals surface area contributed by atoms with Crippen molar-refractivity contribution in [2.24, 2.45) is 5.92 Å². The second kappa shape index (κ2) is 8.80. The highest BCUT2D eigenvalue weighted by Crippen LogP contribution is 2.26. The molecule has 1 amide bonds. The van der Waals surface area contributed by atoms with Crippen molar-refractivity contribution in [2.75, 3.05) is 13.1 Å². The first-order valence-corrected chi connectivity index (χ1v) is 9.28. The predicted octanol–water partition coefficient (Wildman–Crippen LogP) is 3.91. The lowest BCUT2D eigenvalue weighted by molar-refractivity contribution is -0.160. The second-order valence-electron chi connectivity index (χ2n) is 7.00. The molecule has 1 unspecified atom stereocenters. The molecule has 5 heteroatoms. The lowest BCUT2D eigenvalue weighted by Gasteiger charge is -2.34. The van der Waals surface area contributed by atoms with Crippen LogP contribution in [0.1, 0.15) is 37.0 Å². The number of nitrogens with zero attached hydrogens (tertiary/aromatic N) is 1. The SMILES string of the molecule is CC(=O)OC(C(=O)N1CCC(Cc2ccc(F)cc2)CC1)c1ccccc1. The van der Waals surface area contributed by atoms with Gasteiger partial charge in [0.2, 0.25) is 6.10 Å². The summed E-state index contributed by atoms with van der Waals surface area (Å²) >= 11 is 0. The smallest absolute Gasteiger partial charge is 0.303 e. The molecule has 3 rings (SSSR count). The van der Waals surface area contributed by atoms with E-state index in [2.05, 4.69) is 0 Å². The van der Waals surface area contributed by atoms with Crippen LogP contribution in [-0.4, -0.2) is 29.9 Å². The predicted molar refractivity (Wildman–Crippen MR) is 100 cm³/mol. The Morgan fingerprint density at radius 2 is 1.70 bits per heavy atom. The van der Waals surface area contributed by atoms with Crippen LogP contribution < -0.4 is 0 Å². The third-order valence-electron chi connectivity index (χ3n) is 4.97. The maximum absolute atomic E-state index is 13.0. The quantitative estimate of drug-likeness (QED) is 0.751. The van der Waals surface area contributed by atoms with E-state index >= 15 is 0 Å². The topological polar surface area (TPSA) is 46.6 Å². The number of benzene rings is 2. The zero-order chi connectivity index (χ0) is 19.2. The first-order valence-electron chi connectivity index (χ1n) is 9.28. The molecule has 0 spiro atoms. The summed E-state index contributed by atoms with van der Waals surface area (Å²) in [5.74, 6) is -0.403. The molecule has 1 fully saturated rings. The van der Waals surface area contributed by atoms with Gasteiger partial charge in [-0.25, -0.2) is 4.39 Å². The largest absolute Gasteiger partial charge is 0.447 e. The molecule has 0 N–H and O–H groups in total. The van der Waals surface area contributed by atoms with E-state index in [0.29, 0.717) is 24.6 Å². The Balaban J connectivity index is 1.60. The zero-order valence-electron chi connectivity index (χ0n) is 15.4. The van der Waals surface area contributed by atoms with E-state index in [0.717, 1.165) is 24.8 Å². The van der Waals surface area contributed by atoms with Gasteiger partial charge >= 0.3 is 5.97 Å². The van der Waals surface area contributed by atoms with Crippen molar-refractivity contribution < 1.29 is 18.7 Å². The van der Waals surface area contributed by atoms with E-state index in [4.69, 9.17) is 4.74 Å². The van der Waals surface area contributed by atoms with Crippen LogP contribution in [0.4, 0.5) is 4.39 Å². The highest BCUT2D eigenvalue weighted by Gasteiger charge is 2.31. The van der Waals surface area contributed by atoms with Crippen molar-refractivity contribution in [1.29, 1.82) is 0 Å². The van der Waals surface area contributed by atoms with Crippen LogP contribution in [0.2, 0.25) is 0 Å². The Morgan fingerprint density at radius 1 is 1.07 bits per heavy atom. The van der Waals surface area contributed by atoms with Crippen LogP contribution >= 0.6 is 0 Å². The Kier molecular flexibility index (Phi) is 6.22. The molecule has 0 aliphatic carbocycles. The van der Waals surface area contributed by atoms with Crippen molar-refractivity contribution in [2.45, 2.75) is 32.3 Å². The summed E-state index contributed by atoms with van der Waals surface area (Å²) in [5.41, 5.74) is 1.80. The van der Waals surface area contributed by atoms with Crippen LogP contribution in [0.25, 0.3) is 0 Å². The number of hydrogen-bond donors (Lipinski definition) is 0. The van der Waals surface area contributed by atoms with E-state index in [1.54, 1.807) is 17.0 Å². The maximum atomic E-state index is 13.0. The molecule has 1 saturated heterocycles. The van der Waals surface area contributed by atoms with Gasteiger partial charge in [0.05, 0.1) is 0 Å². The Morgan fingerprint density at radius 3 is 2.30 bits per heavy atom. The number of piperidine rings is 1. The Labute approximate surface area is 158 Å². The van der Waals surface area contributed by atoms with Gasteiger partial charge in [-0.3, -0.25) is 9.59 Å². The molecule has 1 heterocycles. The molecule has 0 bridgehead atoms. The standard InChI is InChI=1S/C22H24FNO3/c1-16(25)27-21(19-5-3-2-4-6-19)22(26)24-13-11-18(12-14-24)15-17-7-9-20(23)10-8-17/h2-10,18,21H,11-15H2,1H3. The minimum atomic E-state index is -0.891. The van der Waals surface area contributed by atoms with E-state index in [9.17, 15) is 14.0 Å². The van der Waals surface area contributed by atoms with Crippen molar-refractivity contribution in [3.05, 3.63) is 71.5 Å². The molecule has 0 saturated carbocycles. The molecular weight excluding hydrogens is 345 g/mol. The van der Waals surface area contributed by atoms with Crippen molar-refractivity contribution in [3.63, 3.8) is 0 Å². The summed E-state index contributed by atoms with van der Waals surface area (Å²) in [4.78, 5) is 26.2. The molecule has 1 atom stereocenters. The minimum absolute atomic E-state index is 0.170. The van der Waals surface area contributed by atoms with E-state index < -0.39 is 12.1 Å². The van der Waals surface area contributed by atoms with E-state index in [1.807, 2.05) is 30.3 Å². The van der Waals surface area contributed by atoms with Gasteiger partial charge in [-0.05, 0) is 42.9 Å². The molecular formula is C22H24FNO3. The van der Waals surface area contributed by atoms with Gasteiger partial charge in [0.1, 0.15) is 5.82 Å². The number of amides is 1.